The van der Waals surface area contributed by atoms with Crippen molar-refractivity contribution in [2.75, 3.05) is 4.72 Å². The summed E-state index contributed by atoms with van der Waals surface area (Å²) in [5, 5.41) is 2.60. The number of anilines is 1. The molecule has 2 N–H and O–H groups in total. The third-order valence-corrected chi connectivity index (χ3v) is 6.14. The van der Waals surface area contributed by atoms with Crippen LogP contribution in [0.5, 0.6) is 0 Å². The second kappa shape index (κ2) is 6.52. The first-order valence-corrected chi connectivity index (χ1v) is 9.99. The predicted molar refractivity (Wildman–Crippen MR) is 92.7 cm³/mol. The van der Waals surface area contributed by atoms with Crippen LogP contribution < -0.4 is 9.44 Å². The fourth-order valence-electron chi connectivity index (χ4n) is 1.89. The van der Waals surface area contributed by atoms with E-state index in [0.717, 1.165) is 0 Å². The molecule has 0 aromatic carbocycles. The highest BCUT2D eigenvalue weighted by atomic mass is 35.5. The van der Waals surface area contributed by atoms with Crippen LogP contribution in [0.4, 0.5) is 5.69 Å². The van der Waals surface area contributed by atoms with Gasteiger partial charge in [-0.05, 0) is 29.0 Å². The zero-order chi connectivity index (χ0) is 16.4. The number of halogens is 1. The minimum atomic E-state index is -3.95. The molecule has 1 atom stereocenters. The lowest BCUT2D eigenvalue weighted by atomic mass is 10.1. The Morgan fingerprint density at radius 1 is 1.22 bits per heavy atom. The molecule has 0 amide bonds. The molecule has 0 saturated carbocycles. The lowest BCUT2D eigenvalue weighted by Gasteiger charge is -2.11. The maximum Gasteiger partial charge on any atom is 0.321 e. The zero-order valence-corrected chi connectivity index (χ0v) is 14.6. The van der Waals surface area contributed by atoms with E-state index in [1.165, 1.54) is 28.5 Å². The van der Waals surface area contributed by atoms with Gasteiger partial charge >= 0.3 is 10.2 Å². The number of allylic oxidation sites excluding steroid dienone is 1. The summed E-state index contributed by atoms with van der Waals surface area (Å²) in [6.45, 7) is 0. The van der Waals surface area contributed by atoms with Crippen LogP contribution in [0.3, 0.4) is 0 Å². The predicted octanol–water partition coefficient (Wildman–Crippen LogP) is 2.94. The number of nitrogens with zero attached hydrogens (tertiary/aromatic N) is 1. The fourth-order valence-corrected chi connectivity index (χ4v) is 4.85. The average Bonchev–Trinajstić information content (AvgIpc) is 3.07. The normalized spacial score (nSPS) is 17.9. The van der Waals surface area contributed by atoms with Crippen molar-refractivity contribution in [3.63, 3.8) is 0 Å². The SMILES string of the molecule is O=C1C(NS(=O)(=O)Nc2ccsc2Cl)=CSC1c1ccccn1. The number of pyridine rings is 1. The van der Waals surface area contributed by atoms with Crippen molar-refractivity contribution in [1.82, 2.24) is 9.71 Å². The third-order valence-electron chi connectivity index (χ3n) is 2.89. The number of hydrogen-bond donors (Lipinski definition) is 2. The summed E-state index contributed by atoms with van der Waals surface area (Å²) in [5.74, 6) is -0.338. The van der Waals surface area contributed by atoms with E-state index in [0.29, 0.717) is 10.0 Å². The zero-order valence-electron chi connectivity index (χ0n) is 11.4. The molecule has 0 bridgehead atoms. The summed E-state index contributed by atoms with van der Waals surface area (Å²) < 4.78 is 29.1. The minimum Gasteiger partial charge on any atom is -0.291 e. The van der Waals surface area contributed by atoms with Crippen molar-refractivity contribution in [3.05, 3.63) is 57.0 Å². The van der Waals surface area contributed by atoms with Crippen LogP contribution in [0, 0.1) is 0 Å². The molecule has 120 valence electrons. The quantitative estimate of drug-likeness (QED) is 0.823. The van der Waals surface area contributed by atoms with Gasteiger partial charge in [0.05, 0.1) is 11.4 Å². The molecular formula is C13H10ClN3O3S3. The smallest absolute Gasteiger partial charge is 0.291 e. The number of hydrogen-bond acceptors (Lipinski definition) is 6. The van der Waals surface area contributed by atoms with Crippen LogP contribution >= 0.6 is 34.7 Å². The van der Waals surface area contributed by atoms with E-state index in [2.05, 4.69) is 14.4 Å². The van der Waals surface area contributed by atoms with E-state index in [9.17, 15) is 13.2 Å². The van der Waals surface area contributed by atoms with Crippen molar-refractivity contribution >= 4 is 56.4 Å². The highest BCUT2D eigenvalue weighted by molar-refractivity contribution is 8.03. The summed E-state index contributed by atoms with van der Waals surface area (Å²) >= 11 is 8.28. The number of thiophene rings is 1. The Kier molecular flexibility index (Phi) is 4.62. The topological polar surface area (TPSA) is 88.2 Å². The van der Waals surface area contributed by atoms with Crippen molar-refractivity contribution in [2.24, 2.45) is 0 Å². The molecule has 6 nitrogen and oxygen atoms in total. The highest BCUT2D eigenvalue weighted by Gasteiger charge is 2.32. The first-order chi connectivity index (χ1) is 11.0. The molecule has 3 heterocycles. The molecule has 1 unspecified atom stereocenters. The van der Waals surface area contributed by atoms with Crippen LogP contribution in [0.25, 0.3) is 0 Å². The van der Waals surface area contributed by atoms with Crippen molar-refractivity contribution < 1.29 is 13.2 Å². The molecule has 1 aliphatic heterocycles. The van der Waals surface area contributed by atoms with E-state index < -0.39 is 15.5 Å². The average molecular weight is 388 g/mol. The first kappa shape index (κ1) is 16.3. The van der Waals surface area contributed by atoms with Gasteiger partial charge < -0.3 is 0 Å². The molecule has 10 heteroatoms. The summed E-state index contributed by atoms with van der Waals surface area (Å²) in [5.41, 5.74) is 0.857. The van der Waals surface area contributed by atoms with E-state index in [1.54, 1.807) is 35.8 Å². The van der Waals surface area contributed by atoms with Crippen LogP contribution in [0.2, 0.25) is 4.34 Å². The van der Waals surface area contributed by atoms with Gasteiger partial charge in [0, 0.05) is 6.20 Å². The number of nitrogens with one attached hydrogen (secondary N) is 2. The second-order valence-electron chi connectivity index (χ2n) is 4.48. The highest BCUT2D eigenvalue weighted by Crippen LogP contribution is 2.38. The van der Waals surface area contributed by atoms with Gasteiger partial charge in [0.25, 0.3) is 0 Å². The number of ketones is 1. The van der Waals surface area contributed by atoms with Gasteiger partial charge in [0.1, 0.15) is 15.3 Å². The van der Waals surface area contributed by atoms with E-state index in [1.807, 2.05) is 0 Å². The van der Waals surface area contributed by atoms with Crippen LogP contribution in [0.15, 0.2) is 46.9 Å². The molecule has 23 heavy (non-hydrogen) atoms. The van der Waals surface area contributed by atoms with Gasteiger partial charge in [-0.3, -0.25) is 19.2 Å². The Labute approximate surface area is 146 Å². The summed E-state index contributed by atoms with van der Waals surface area (Å²) in [7, 11) is -3.95. The van der Waals surface area contributed by atoms with Gasteiger partial charge in [-0.15, -0.1) is 23.1 Å². The lowest BCUT2D eigenvalue weighted by molar-refractivity contribution is -0.115. The number of Topliss-reactive ketones (excluding diaryl/α,β-unsaturated/α-hetero) is 1. The molecule has 3 rings (SSSR count). The Morgan fingerprint density at radius 2 is 2.04 bits per heavy atom. The van der Waals surface area contributed by atoms with Gasteiger partial charge in [-0.1, -0.05) is 17.7 Å². The van der Waals surface area contributed by atoms with Crippen LogP contribution in [0.1, 0.15) is 10.9 Å². The van der Waals surface area contributed by atoms with Crippen LogP contribution in [-0.4, -0.2) is 19.2 Å². The molecular weight excluding hydrogens is 378 g/mol. The van der Waals surface area contributed by atoms with Crippen molar-refractivity contribution in [3.8, 4) is 0 Å². The van der Waals surface area contributed by atoms with Gasteiger partial charge in [0.15, 0.2) is 5.78 Å². The molecule has 0 fully saturated rings. The standard InChI is InChI=1S/C13H10ClN3O3S3/c14-13-9(4-6-21-13)16-23(19,20)17-10-7-22-12(11(10)18)8-3-1-2-5-15-8/h1-7,12,16-17H. The number of thioether (sulfide) groups is 1. The van der Waals surface area contributed by atoms with Gasteiger partial charge in [-0.2, -0.15) is 8.42 Å². The molecule has 0 aliphatic carbocycles. The molecule has 0 spiro atoms. The van der Waals surface area contributed by atoms with Gasteiger partial charge in [-0.25, -0.2) is 0 Å². The largest absolute Gasteiger partial charge is 0.321 e. The molecule has 0 saturated heterocycles. The van der Waals surface area contributed by atoms with Crippen LogP contribution in [-0.2, 0) is 15.0 Å². The number of carbonyl (C=O) groups excluding carboxylic acids is 1. The maximum absolute atomic E-state index is 12.3. The van der Waals surface area contributed by atoms with E-state index in [-0.39, 0.29) is 17.2 Å². The lowest BCUT2D eigenvalue weighted by Crippen LogP contribution is -2.32. The molecule has 1 aliphatic rings. The first-order valence-electron chi connectivity index (χ1n) is 6.30. The summed E-state index contributed by atoms with van der Waals surface area (Å²) in [4.78, 5) is 16.5. The van der Waals surface area contributed by atoms with E-state index >= 15 is 0 Å². The Bertz CT molecular complexity index is 865. The maximum atomic E-state index is 12.3. The summed E-state index contributed by atoms with van der Waals surface area (Å²) in [6.07, 6.45) is 1.59. The number of aromatic nitrogens is 1. The van der Waals surface area contributed by atoms with Gasteiger partial charge in [0.2, 0.25) is 0 Å². The summed E-state index contributed by atoms with van der Waals surface area (Å²) in [6, 6.07) is 6.80. The Morgan fingerprint density at radius 3 is 2.70 bits per heavy atom. The minimum absolute atomic E-state index is 0.00417. The number of rotatable bonds is 5. The van der Waals surface area contributed by atoms with Crippen molar-refractivity contribution in [1.29, 1.82) is 0 Å². The van der Waals surface area contributed by atoms with Crippen molar-refractivity contribution in [2.45, 2.75) is 5.25 Å². The Hall–Kier alpha value is -1.55. The Balaban J connectivity index is 1.71. The van der Waals surface area contributed by atoms with E-state index in [4.69, 9.17) is 11.6 Å². The monoisotopic (exact) mass is 387 g/mol. The fraction of sp³-hybridized carbons (Fsp3) is 0.0769. The second-order valence-corrected chi connectivity index (χ2v) is 8.39. The third kappa shape index (κ3) is 3.69. The molecule has 2 aromatic heterocycles. The molecule has 0 radical (unpaired) electrons. The molecule has 2 aromatic rings. The number of carbonyl (C=O) groups is 1.